The lowest BCUT2D eigenvalue weighted by Crippen LogP contribution is -2.48. The number of ether oxygens (including phenoxy) is 1. The van der Waals surface area contributed by atoms with Gasteiger partial charge in [0.05, 0.1) is 17.6 Å². The van der Waals surface area contributed by atoms with Gasteiger partial charge >= 0.3 is 0 Å². The van der Waals surface area contributed by atoms with Crippen LogP contribution in [-0.2, 0) is 14.6 Å². The fourth-order valence-corrected chi connectivity index (χ4v) is 5.59. The Bertz CT molecular complexity index is 540. The Balaban J connectivity index is 1.80. The van der Waals surface area contributed by atoms with Crippen molar-refractivity contribution in [2.75, 3.05) is 38.2 Å². The van der Waals surface area contributed by atoms with E-state index >= 15 is 0 Å². The molecule has 0 spiro atoms. The van der Waals surface area contributed by atoms with E-state index in [1.165, 1.54) is 0 Å². The summed E-state index contributed by atoms with van der Waals surface area (Å²) >= 11 is 0. The summed E-state index contributed by atoms with van der Waals surface area (Å²) < 4.78 is 29.1. The van der Waals surface area contributed by atoms with E-state index in [9.17, 15) is 8.42 Å². The number of nitrogens with one attached hydrogen (secondary N) is 2. The summed E-state index contributed by atoms with van der Waals surface area (Å²) in [6, 6.07) is 0. The predicted octanol–water partition coefficient (Wildman–Crippen LogP) is 1.43. The Hall–Kier alpha value is -0.820. The molecule has 2 heterocycles. The fraction of sp³-hybridized carbons (Fsp3) is 0.941. The first-order valence-corrected chi connectivity index (χ1v) is 10.8. The average molecular weight is 360 g/mol. The maximum absolute atomic E-state index is 11.5. The second-order valence-electron chi connectivity index (χ2n) is 8.16. The number of aliphatic imine (C=N–C) groups is 1. The van der Waals surface area contributed by atoms with Crippen LogP contribution in [0.15, 0.2) is 4.99 Å². The first-order valence-electron chi connectivity index (χ1n) is 8.98. The fourth-order valence-electron chi connectivity index (χ4n) is 3.73. The number of hydrogen-bond acceptors (Lipinski definition) is 4. The number of hydrogen-bond donors (Lipinski definition) is 2. The molecule has 7 heteroatoms. The van der Waals surface area contributed by atoms with Crippen LogP contribution < -0.4 is 10.6 Å². The first-order chi connectivity index (χ1) is 11.2. The molecule has 2 rings (SSSR count). The standard InChI is InChI=1S/C17H33N3O3S/c1-17(2,3)15-14(6-5-8-23-15)11-20-16(18-4)19-10-13-7-9-24(21,22)12-13/h13-15H,5-12H2,1-4H3,(H2,18,19,20). The molecule has 2 N–H and O–H groups in total. The summed E-state index contributed by atoms with van der Waals surface area (Å²) in [6.07, 6.45) is 3.25. The van der Waals surface area contributed by atoms with Crippen molar-refractivity contribution in [2.24, 2.45) is 22.2 Å². The van der Waals surface area contributed by atoms with Crippen LogP contribution in [0.3, 0.4) is 0 Å². The molecule has 2 fully saturated rings. The van der Waals surface area contributed by atoms with E-state index in [1.54, 1.807) is 7.05 Å². The van der Waals surface area contributed by atoms with E-state index < -0.39 is 9.84 Å². The van der Waals surface area contributed by atoms with Crippen molar-refractivity contribution in [2.45, 2.75) is 46.1 Å². The lowest BCUT2D eigenvalue weighted by molar-refractivity contribution is -0.0835. The van der Waals surface area contributed by atoms with Gasteiger partial charge in [0.2, 0.25) is 0 Å². The Morgan fingerprint density at radius 1 is 1.21 bits per heavy atom. The van der Waals surface area contributed by atoms with Crippen molar-refractivity contribution in [1.29, 1.82) is 0 Å². The summed E-state index contributed by atoms with van der Waals surface area (Å²) in [4.78, 5) is 4.26. The first kappa shape index (κ1) is 19.5. The van der Waals surface area contributed by atoms with Gasteiger partial charge in [0.25, 0.3) is 0 Å². The van der Waals surface area contributed by atoms with Crippen molar-refractivity contribution in [3.8, 4) is 0 Å². The van der Waals surface area contributed by atoms with E-state index in [0.29, 0.717) is 24.0 Å². The maximum atomic E-state index is 11.5. The van der Waals surface area contributed by atoms with E-state index in [0.717, 1.165) is 38.4 Å². The molecular weight excluding hydrogens is 326 g/mol. The molecule has 0 radical (unpaired) electrons. The van der Waals surface area contributed by atoms with Crippen molar-refractivity contribution in [1.82, 2.24) is 10.6 Å². The van der Waals surface area contributed by atoms with E-state index in [-0.39, 0.29) is 17.4 Å². The summed E-state index contributed by atoms with van der Waals surface area (Å²) in [7, 11) is -1.07. The molecule has 6 nitrogen and oxygen atoms in total. The Morgan fingerprint density at radius 2 is 1.92 bits per heavy atom. The lowest BCUT2D eigenvalue weighted by atomic mass is 9.78. The largest absolute Gasteiger partial charge is 0.377 e. The van der Waals surface area contributed by atoms with Crippen LogP contribution in [0.25, 0.3) is 0 Å². The molecule has 140 valence electrons. The van der Waals surface area contributed by atoms with Gasteiger partial charge in [0.1, 0.15) is 0 Å². The molecule has 0 amide bonds. The van der Waals surface area contributed by atoms with Crippen molar-refractivity contribution >= 4 is 15.8 Å². The summed E-state index contributed by atoms with van der Waals surface area (Å²) in [5.74, 6) is 2.01. The molecule has 2 aliphatic rings. The topological polar surface area (TPSA) is 79.8 Å². The monoisotopic (exact) mass is 359 g/mol. The average Bonchev–Trinajstić information content (AvgIpc) is 2.86. The van der Waals surface area contributed by atoms with Crippen LogP contribution in [0.4, 0.5) is 0 Å². The van der Waals surface area contributed by atoms with Crippen LogP contribution in [-0.4, -0.2) is 58.7 Å². The molecule has 2 aliphatic heterocycles. The van der Waals surface area contributed by atoms with Gasteiger partial charge in [0.15, 0.2) is 15.8 Å². The smallest absolute Gasteiger partial charge is 0.190 e. The third kappa shape index (κ3) is 5.62. The van der Waals surface area contributed by atoms with Gasteiger partial charge in [-0.1, -0.05) is 20.8 Å². The molecule has 0 aliphatic carbocycles. The molecule has 0 aromatic rings. The van der Waals surface area contributed by atoms with E-state index in [2.05, 4.69) is 36.4 Å². The number of rotatable bonds is 4. The van der Waals surface area contributed by atoms with Gasteiger partial charge < -0.3 is 15.4 Å². The minimum Gasteiger partial charge on any atom is -0.377 e. The van der Waals surface area contributed by atoms with Gasteiger partial charge in [-0.3, -0.25) is 4.99 Å². The van der Waals surface area contributed by atoms with Gasteiger partial charge in [-0.25, -0.2) is 8.42 Å². The minimum atomic E-state index is -2.82. The van der Waals surface area contributed by atoms with Crippen LogP contribution in [0.1, 0.15) is 40.0 Å². The van der Waals surface area contributed by atoms with Gasteiger partial charge in [0, 0.05) is 32.7 Å². The summed E-state index contributed by atoms with van der Waals surface area (Å²) in [5, 5.41) is 6.67. The zero-order valence-corrected chi connectivity index (χ0v) is 16.3. The Morgan fingerprint density at radius 3 is 2.50 bits per heavy atom. The van der Waals surface area contributed by atoms with Crippen LogP contribution in [0.5, 0.6) is 0 Å². The highest BCUT2D eigenvalue weighted by atomic mass is 32.2. The molecule has 24 heavy (non-hydrogen) atoms. The van der Waals surface area contributed by atoms with Crippen LogP contribution in [0.2, 0.25) is 0 Å². The zero-order chi connectivity index (χ0) is 17.8. The highest BCUT2D eigenvalue weighted by Gasteiger charge is 2.35. The second-order valence-corrected chi connectivity index (χ2v) is 10.4. The number of guanidine groups is 1. The van der Waals surface area contributed by atoms with Gasteiger partial charge in [-0.2, -0.15) is 0 Å². The highest BCUT2D eigenvalue weighted by Crippen LogP contribution is 2.33. The summed E-state index contributed by atoms with van der Waals surface area (Å²) in [5.41, 5.74) is 0.127. The summed E-state index contributed by atoms with van der Waals surface area (Å²) in [6.45, 7) is 9.01. The molecule has 3 atom stereocenters. The molecule has 0 bridgehead atoms. The Kier molecular flexibility index (Phi) is 6.53. The third-order valence-electron chi connectivity index (χ3n) is 4.94. The van der Waals surface area contributed by atoms with Crippen molar-refractivity contribution in [3.05, 3.63) is 0 Å². The maximum Gasteiger partial charge on any atom is 0.190 e. The lowest BCUT2D eigenvalue weighted by Gasteiger charge is -2.40. The quantitative estimate of drug-likeness (QED) is 0.586. The molecular formula is C17H33N3O3S. The third-order valence-corrected chi connectivity index (χ3v) is 6.78. The van der Waals surface area contributed by atoms with Gasteiger partial charge in [-0.05, 0) is 30.6 Å². The molecule has 3 unspecified atom stereocenters. The molecule has 0 aromatic heterocycles. The number of sulfone groups is 1. The molecule has 2 saturated heterocycles. The van der Waals surface area contributed by atoms with E-state index in [4.69, 9.17) is 4.74 Å². The SMILES string of the molecule is CN=C(NCC1CCS(=O)(=O)C1)NCC1CCCOC1C(C)(C)C. The molecule has 0 aromatic carbocycles. The zero-order valence-electron chi connectivity index (χ0n) is 15.5. The van der Waals surface area contributed by atoms with Crippen molar-refractivity contribution in [3.63, 3.8) is 0 Å². The predicted molar refractivity (Wildman–Crippen MR) is 98.0 cm³/mol. The van der Waals surface area contributed by atoms with Crippen LogP contribution >= 0.6 is 0 Å². The highest BCUT2D eigenvalue weighted by molar-refractivity contribution is 7.91. The molecule has 0 saturated carbocycles. The van der Waals surface area contributed by atoms with Crippen molar-refractivity contribution < 1.29 is 13.2 Å². The normalized spacial score (nSPS) is 31.0. The van der Waals surface area contributed by atoms with Gasteiger partial charge in [-0.15, -0.1) is 0 Å². The second kappa shape index (κ2) is 8.04. The Labute approximate surface area is 146 Å². The number of nitrogens with zero attached hydrogens (tertiary/aromatic N) is 1. The van der Waals surface area contributed by atoms with Crippen LogP contribution in [0, 0.1) is 17.3 Å². The minimum absolute atomic E-state index is 0.127. The van der Waals surface area contributed by atoms with E-state index in [1.807, 2.05) is 0 Å².